The summed E-state index contributed by atoms with van der Waals surface area (Å²) in [5.74, 6) is 0.920. The first-order chi connectivity index (χ1) is 7.93. The lowest BCUT2D eigenvalue weighted by atomic mass is 9.80. The van der Waals surface area contributed by atoms with Crippen molar-refractivity contribution in [3.63, 3.8) is 0 Å². The van der Waals surface area contributed by atoms with Crippen LogP contribution in [-0.2, 0) is 0 Å². The number of hydrogen-bond donors (Lipinski definition) is 0. The molecule has 5 heteroatoms. The van der Waals surface area contributed by atoms with Gasteiger partial charge in [-0.15, -0.1) is 5.46 Å². The molecular formula is C12H17BF3O-. The van der Waals surface area contributed by atoms with Crippen molar-refractivity contribution in [3.8, 4) is 5.75 Å². The smallest absolute Gasteiger partial charge is 0.493 e. The molecule has 0 N–H and O–H groups in total. The van der Waals surface area contributed by atoms with Crippen LogP contribution in [0.1, 0.15) is 26.7 Å². The minimum absolute atomic E-state index is 0.423. The van der Waals surface area contributed by atoms with Gasteiger partial charge in [0.2, 0.25) is 0 Å². The van der Waals surface area contributed by atoms with Crippen molar-refractivity contribution in [2.75, 3.05) is 6.61 Å². The van der Waals surface area contributed by atoms with Crippen LogP contribution in [-0.4, -0.2) is 13.6 Å². The Hall–Kier alpha value is -1.13. The molecule has 0 aliphatic rings. The normalized spacial score (nSPS) is 13.5. The van der Waals surface area contributed by atoms with Gasteiger partial charge < -0.3 is 17.7 Å². The van der Waals surface area contributed by atoms with Crippen LogP contribution >= 0.6 is 0 Å². The standard InChI is InChI=1S/C12H17BF3O/c1-3-4-10(2)9-17-12-7-5-11(6-8-12)13(14,15)16/h5-8,10H,3-4,9H2,1-2H3/q-1. The Kier molecular flexibility index (Phi) is 4.91. The number of hydrogen-bond acceptors (Lipinski definition) is 1. The zero-order valence-electron chi connectivity index (χ0n) is 10.1. The molecule has 1 unspecified atom stereocenters. The van der Waals surface area contributed by atoms with Crippen LogP contribution in [0.15, 0.2) is 24.3 Å². The van der Waals surface area contributed by atoms with E-state index >= 15 is 0 Å². The first-order valence-corrected chi connectivity index (χ1v) is 5.86. The third kappa shape index (κ3) is 4.71. The van der Waals surface area contributed by atoms with Gasteiger partial charge in [0.15, 0.2) is 0 Å². The zero-order valence-corrected chi connectivity index (χ0v) is 10.1. The summed E-state index contributed by atoms with van der Waals surface area (Å²) in [4.78, 5) is 0. The summed E-state index contributed by atoms with van der Waals surface area (Å²) >= 11 is 0. The van der Waals surface area contributed by atoms with Crippen molar-refractivity contribution < 1.29 is 17.7 Å². The molecule has 0 saturated carbocycles. The minimum Gasteiger partial charge on any atom is -0.493 e. The third-order valence-corrected chi connectivity index (χ3v) is 2.57. The lowest BCUT2D eigenvalue weighted by Gasteiger charge is -2.16. The fourth-order valence-corrected chi connectivity index (χ4v) is 1.60. The predicted molar refractivity (Wildman–Crippen MR) is 64.7 cm³/mol. The lowest BCUT2D eigenvalue weighted by Crippen LogP contribution is -2.33. The van der Waals surface area contributed by atoms with Crippen LogP contribution in [0.25, 0.3) is 0 Å². The third-order valence-electron chi connectivity index (χ3n) is 2.57. The number of halogens is 3. The molecule has 96 valence electrons. The SMILES string of the molecule is CCCC(C)COc1ccc([B-](F)(F)F)cc1. The van der Waals surface area contributed by atoms with Crippen molar-refractivity contribution in [1.29, 1.82) is 0 Å². The average Bonchev–Trinajstić information content (AvgIpc) is 2.26. The summed E-state index contributed by atoms with van der Waals surface area (Å²) in [5.41, 5.74) is -0.584. The Morgan fingerprint density at radius 1 is 1.18 bits per heavy atom. The van der Waals surface area contributed by atoms with Gasteiger partial charge in [-0.3, -0.25) is 0 Å². The van der Waals surface area contributed by atoms with E-state index in [9.17, 15) is 12.9 Å². The quantitative estimate of drug-likeness (QED) is 0.696. The van der Waals surface area contributed by atoms with Crippen molar-refractivity contribution in [2.45, 2.75) is 26.7 Å². The van der Waals surface area contributed by atoms with E-state index in [1.54, 1.807) is 0 Å². The van der Waals surface area contributed by atoms with Crippen molar-refractivity contribution in [2.24, 2.45) is 5.92 Å². The molecule has 1 aromatic rings. The van der Waals surface area contributed by atoms with Gasteiger partial charge in [-0.1, -0.05) is 32.4 Å². The molecule has 1 nitrogen and oxygen atoms in total. The predicted octanol–water partition coefficient (Wildman–Crippen LogP) is 3.56. The Balaban J connectivity index is 2.51. The second kappa shape index (κ2) is 5.98. The Morgan fingerprint density at radius 3 is 2.24 bits per heavy atom. The van der Waals surface area contributed by atoms with E-state index < -0.39 is 12.4 Å². The monoisotopic (exact) mass is 245 g/mol. The molecule has 0 amide bonds. The molecule has 0 spiro atoms. The summed E-state index contributed by atoms with van der Waals surface area (Å²) in [7, 11) is 0. The van der Waals surface area contributed by atoms with E-state index in [0.29, 0.717) is 18.3 Å². The summed E-state index contributed by atoms with van der Waals surface area (Å²) < 4.78 is 42.5. The Morgan fingerprint density at radius 2 is 1.76 bits per heavy atom. The highest BCUT2D eigenvalue weighted by Gasteiger charge is 2.24. The first-order valence-electron chi connectivity index (χ1n) is 5.86. The maximum absolute atomic E-state index is 12.4. The zero-order chi connectivity index (χ0) is 12.9. The second-order valence-electron chi connectivity index (χ2n) is 4.35. The van der Waals surface area contributed by atoms with Gasteiger partial charge in [0.1, 0.15) is 5.75 Å². The van der Waals surface area contributed by atoms with Gasteiger partial charge in [-0.25, -0.2) is 0 Å². The molecule has 0 fully saturated rings. The van der Waals surface area contributed by atoms with Crippen LogP contribution in [0.4, 0.5) is 12.9 Å². The molecule has 0 aliphatic carbocycles. The van der Waals surface area contributed by atoms with Crippen molar-refractivity contribution >= 4 is 12.4 Å². The Labute approximate surface area is 100 Å². The fourth-order valence-electron chi connectivity index (χ4n) is 1.60. The molecule has 1 aromatic carbocycles. The van der Waals surface area contributed by atoms with Crippen LogP contribution in [0.2, 0.25) is 0 Å². The van der Waals surface area contributed by atoms with E-state index in [0.717, 1.165) is 25.0 Å². The van der Waals surface area contributed by atoms with Gasteiger partial charge in [0.25, 0.3) is 0 Å². The van der Waals surface area contributed by atoms with Crippen LogP contribution in [0.5, 0.6) is 5.75 Å². The van der Waals surface area contributed by atoms with Gasteiger partial charge in [0.05, 0.1) is 6.61 Å². The molecule has 1 atom stereocenters. The molecule has 0 aliphatic heterocycles. The maximum Gasteiger partial charge on any atom is 0.509 e. The molecule has 1 rings (SSSR count). The van der Waals surface area contributed by atoms with Gasteiger partial charge in [0, 0.05) is 0 Å². The maximum atomic E-state index is 12.4. The van der Waals surface area contributed by atoms with Crippen LogP contribution in [0, 0.1) is 5.92 Å². The van der Waals surface area contributed by atoms with Gasteiger partial charge in [-0.05, 0) is 24.5 Å². The summed E-state index contributed by atoms with van der Waals surface area (Å²) in [5, 5.41) is 0. The topological polar surface area (TPSA) is 9.23 Å². The van der Waals surface area contributed by atoms with Crippen molar-refractivity contribution in [3.05, 3.63) is 24.3 Å². The van der Waals surface area contributed by atoms with Crippen LogP contribution in [0.3, 0.4) is 0 Å². The van der Waals surface area contributed by atoms with E-state index in [1.165, 1.54) is 12.1 Å². The highest BCUT2D eigenvalue weighted by molar-refractivity contribution is 6.73. The largest absolute Gasteiger partial charge is 0.509 e. The highest BCUT2D eigenvalue weighted by atomic mass is 19.4. The van der Waals surface area contributed by atoms with Gasteiger partial charge in [-0.2, -0.15) is 0 Å². The summed E-state index contributed by atoms with van der Waals surface area (Å²) in [6, 6.07) is 4.89. The molecule has 0 radical (unpaired) electrons. The van der Waals surface area contributed by atoms with E-state index in [2.05, 4.69) is 13.8 Å². The van der Waals surface area contributed by atoms with Gasteiger partial charge >= 0.3 is 6.98 Å². The number of rotatable bonds is 6. The number of benzene rings is 1. The summed E-state index contributed by atoms with van der Waals surface area (Å²) in [6.07, 6.45) is 2.14. The molecule has 0 saturated heterocycles. The summed E-state index contributed by atoms with van der Waals surface area (Å²) in [6.45, 7) is -0.201. The van der Waals surface area contributed by atoms with E-state index in [1.807, 2.05) is 0 Å². The highest BCUT2D eigenvalue weighted by Crippen LogP contribution is 2.15. The second-order valence-corrected chi connectivity index (χ2v) is 4.35. The molecule has 0 bridgehead atoms. The van der Waals surface area contributed by atoms with E-state index in [-0.39, 0.29) is 0 Å². The van der Waals surface area contributed by atoms with E-state index in [4.69, 9.17) is 4.74 Å². The number of ether oxygens (including phenoxy) is 1. The Bertz CT molecular complexity index is 335. The van der Waals surface area contributed by atoms with Crippen LogP contribution < -0.4 is 10.2 Å². The lowest BCUT2D eigenvalue weighted by molar-refractivity contribution is 0.251. The molecule has 17 heavy (non-hydrogen) atoms. The molecule has 0 aromatic heterocycles. The first kappa shape index (κ1) is 13.9. The average molecular weight is 245 g/mol. The molecular weight excluding hydrogens is 228 g/mol. The van der Waals surface area contributed by atoms with Crippen molar-refractivity contribution in [1.82, 2.24) is 0 Å². The fraction of sp³-hybridized carbons (Fsp3) is 0.500. The minimum atomic E-state index is -4.91. The molecule has 0 heterocycles.